The van der Waals surface area contributed by atoms with E-state index in [4.69, 9.17) is 4.74 Å². The molecule has 0 saturated carbocycles. The molecular formula is C13H15N3O. The zero-order valence-corrected chi connectivity index (χ0v) is 9.97. The van der Waals surface area contributed by atoms with Crippen molar-refractivity contribution in [3.05, 3.63) is 41.7 Å². The van der Waals surface area contributed by atoms with Gasteiger partial charge in [-0.05, 0) is 19.1 Å². The summed E-state index contributed by atoms with van der Waals surface area (Å²) in [6.45, 7) is 2.86. The van der Waals surface area contributed by atoms with Crippen molar-refractivity contribution in [1.29, 1.82) is 0 Å². The Balaban J connectivity index is 2.07. The molecule has 1 atom stereocenters. The van der Waals surface area contributed by atoms with Gasteiger partial charge in [-0.25, -0.2) is 4.68 Å². The highest BCUT2D eigenvalue weighted by Crippen LogP contribution is 2.36. The highest BCUT2D eigenvalue weighted by Gasteiger charge is 2.31. The molecule has 88 valence electrons. The molecule has 4 nitrogen and oxygen atoms in total. The molecule has 2 aromatic rings. The van der Waals surface area contributed by atoms with Crippen LogP contribution in [-0.2, 0) is 4.74 Å². The van der Waals surface area contributed by atoms with Gasteiger partial charge in [0.25, 0.3) is 0 Å². The third kappa shape index (κ3) is 1.80. The summed E-state index contributed by atoms with van der Waals surface area (Å²) in [5.41, 5.74) is 4.46. The van der Waals surface area contributed by atoms with Crippen LogP contribution in [0.4, 0.5) is 5.69 Å². The lowest BCUT2D eigenvalue weighted by atomic mass is 10.2. The zero-order chi connectivity index (χ0) is 11.8. The van der Waals surface area contributed by atoms with Crippen molar-refractivity contribution in [2.45, 2.75) is 13.0 Å². The molecule has 1 saturated heterocycles. The molecule has 0 bridgehead atoms. The van der Waals surface area contributed by atoms with E-state index in [9.17, 15) is 0 Å². The second kappa shape index (κ2) is 3.89. The number of benzene rings is 1. The minimum atomic E-state index is 0.182. The molecule has 17 heavy (non-hydrogen) atoms. The summed E-state index contributed by atoms with van der Waals surface area (Å²) in [6.07, 6.45) is 2.03. The molecule has 1 unspecified atom stereocenters. The van der Waals surface area contributed by atoms with E-state index in [2.05, 4.69) is 41.6 Å². The lowest BCUT2D eigenvalue weighted by Gasteiger charge is -2.07. The van der Waals surface area contributed by atoms with E-state index in [0.717, 1.165) is 23.7 Å². The molecule has 1 fully saturated rings. The monoisotopic (exact) mass is 229 g/mol. The molecule has 0 spiro atoms. The average Bonchev–Trinajstić information content (AvgIpc) is 3.10. The van der Waals surface area contributed by atoms with Crippen LogP contribution in [0.5, 0.6) is 0 Å². The van der Waals surface area contributed by atoms with Crippen molar-refractivity contribution >= 4 is 5.69 Å². The van der Waals surface area contributed by atoms with Gasteiger partial charge in [0.1, 0.15) is 6.10 Å². The van der Waals surface area contributed by atoms with Crippen LogP contribution in [0.15, 0.2) is 30.5 Å². The van der Waals surface area contributed by atoms with Crippen LogP contribution in [-0.4, -0.2) is 23.4 Å². The van der Waals surface area contributed by atoms with E-state index in [1.54, 1.807) is 0 Å². The first-order chi connectivity index (χ1) is 8.29. The molecular weight excluding hydrogens is 214 g/mol. The molecule has 1 N–H and O–H groups in total. The van der Waals surface area contributed by atoms with Crippen molar-refractivity contribution in [3.63, 3.8) is 0 Å². The summed E-state index contributed by atoms with van der Waals surface area (Å²) in [5, 5.41) is 7.58. The van der Waals surface area contributed by atoms with Crippen molar-refractivity contribution < 1.29 is 4.74 Å². The van der Waals surface area contributed by atoms with Crippen LogP contribution in [0.1, 0.15) is 17.4 Å². The fourth-order valence-corrected chi connectivity index (χ4v) is 1.96. The number of nitrogens with one attached hydrogen (secondary N) is 1. The third-order valence-corrected chi connectivity index (χ3v) is 2.99. The molecule has 1 aliphatic rings. The quantitative estimate of drug-likeness (QED) is 0.821. The largest absolute Gasteiger partial charge is 0.385 e. The minimum Gasteiger partial charge on any atom is -0.385 e. The Labute approximate surface area is 100 Å². The molecule has 2 heterocycles. The second-order valence-electron chi connectivity index (χ2n) is 4.26. The topological polar surface area (TPSA) is 42.4 Å². The van der Waals surface area contributed by atoms with Crippen LogP contribution in [0.25, 0.3) is 5.69 Å². The van der Waals surface area contributed by atoms with E-state index < -0.39 is 0 Å². The highest BCUT2D eigenvalue weighted by molar-refractivity contribution is 5.51. The summed E-state index contributed by atoms with van der Waals surface area (Å²) in [4.78, 5) is 0. The molecule has 0 aliphatic carbocycles. The van der Waals surface area contributed by atoms with E-state index in [1.165, 1.54) is 5.56 Å². The van der Waals surface area contributed by atoms with Gasteiger partial charge >= 0.3 is 0 Å². The van der Waals surface area contributed by atoms with Gasteiger partial charge < -0.3 is 10.1 Å². The molecule has 1 aliphatic heterocycles. The molecule has 1 aromatic carbocycles. The summed E-state index contributed by atoms with van der Waals surface area (Å²) in [5.74, 6) is 0. The number of epoxide rings is 1. The first-order valence-corrected chi connectivity index (χ1v) is 5.74. The van der Waals surface area contributed by atoms with E-state index >= 15 is 0 Å². The second-order valence-corrected chi connectivity index (χ2v) is 4.26. The fraction of sp³-hybridized carbons (Fsp3) is 0.308. The van der Waals surface area contributed by atoms with Crippen LogP contribution < -0.4 is 5.32 Å². The number of hydrogen-bond donors (Lipinski definition) is 1. The summed E-state index contributed by atoms with van der Waals surface area (Å²) in [6, 6.07) is 8.34. The number of ether oxygens (including phenoxy) is 1. The van der Waals surface area contributed by atoms with Crippen LogP contribution in [0.2, 0.25) is 0 Å². The van der Waals surface area contributed by atoms with Crippen LogP contribution >= 0.6 is 0 Å². The first-order valence-electron chi connectivity index (χ1n) is 5.74. The minimum absolute atomic E-state index is 0.182. The Morgan fingerprint density at radius 2 is 2.06 bits per heavy atom. The molecule has 3 rings (SSSR count). The molecule has 4 heteroatoms. The summed E-state index contributed by atoms with van der Waals surface area (Å²) in [7, 11) is 1.91. The third-order valence-electron chi connectivity index (χ3n) is 2.99. The Kier molecular flexibility index (Phi) is 2.37. The van der Waals surface area contributed by atoms with Gasteiger partial charge in [-0.2, -0.15) is 5.10 Å². The maximum Gasteiger partial charge on any atom is 0.125 e. The number of hydrogen-bond acceptors (Lipinski definition) is 3. The normalized spacial score (nSPS) is 18.1. The molecule has 0 amide bonds. The van der Waals surface area contributed by atoms with Crippen molar-refractivity contribution in [2.24, 2.45) is 0 Å². The molecule has 0 radical (unpaired) electrons. The maximum absolute atomic E-state index is 5.38. The van der Waals surface area contributed by atoms with Crippen LogP contribution in [0.3, 0.4) is 0 Å². The van der Waals surface area contributed by atoms with Crippen LogP contribution in [0, 0.1) is 6.92 Å². The zero-order valence-electron chi connectivity index (χ0n) is 9.97. The van der Waals surface area contributed by atoms with Gasteiger partial charge in [-0.1, -0.05) is 17.7 Å². The standard InChI is InChI=1S/C13H15N3O/c1-9-3-5-10(6-4-9)16-13(12-8-17-12)11(14-2)7-15-16/h3-7,12,14H,8H2,1-2H3. The van der Waals surface area contributed by atoms with E-state index in [1.807, 2.05) is 17.9 Å². The number of rotatable bonds is 3. The predicted octanol–water partition coefficient (Wildman–Crippen LogP) is 2.29. The molecule has 1 aromatic heterocycles. The lowest BCUT2D eigenvalue weighted by molar-refractivity contribution is 0.408. The Morgan fingerprint density at radius 3 is 2.65 bits per heavy atom. The smallest absolute Gasteiger partial charge is 0.125 e. The number of aromatic nitrogens is 2. The SMILES string of the molecule is CNc1cnn(-c2ccc(C)cc2)c1C1CO1. The maximum atomic E-state index is 5.38. The average molecular weight is 229 g/mol. The number of anilines is 1. The predicted molar refractivity (Wildman–Crippen MR) is 66.5 cm³/mol. The Morgan fingerprint density at radius 1 is 1.35 bits per heavy atom. The highest BCUT2D eigenvalue weighted by atomic mass is 16.6. The van der Waals surface area contributed by atoms with Crippen molar-refractivity contribution in [2.75, 3.05) is 19.0 Å². The summed E-state index contributed by atoms with van der Waals surface area (Å²) < 4.78 is 7.33. The van der Waals surface area contributed by atoms with Crippen molar-refractivity contribution in [3.8, 4) is 5.69 Å². The Hall–Kier alpha value is -1.81. The van der Waals surface area contributed by atoms with E-state index in [0.29, 0.717) is 0 Å². The first kappa shape index (κ1) is 10.4. The fourth-order valence-electron chi connectivity index (χ4n) is 1.96. The van der Waals surface area contributed by atoms with Gasteiger partial charge in [0, 0.05) is 7.05 Å². The van der Waals surface area contributed by atoms with Gasteiger partial charge in [0.2, 0.25) is 0 Å². The Bertz CT molecular complexity index is 526. The lowest BCUT2D eigenvalue weighted by Crippen LogP contribution is -2.03. The van der Waals surface area contributed by atoms with Gasteiger partial charge in [-0.3, -0.25) is 0 Å². The van der Waals surface area contributed by atoms with Gasteiger partial charge in [0.15, 0.2) is 0 Å². The summed E-state index contributed by atoms with van der Waals surface area (Å²) >= 11 is 0. The van der Waals surface area contributed by atoms with Crippen molar-refractivity contribution in [1.82, 2.24) is 9.78 Å². The van der Waals surface area contributed by atoms with Gasteiger partial charge in [0.05, 0.1) is 29.9 Å². The number of aryl methyl sites for hydroxylation is 1. The number of nitrogens with zero attached hydrogens (tertiary/aromatic N) is 2. The van der Waals surface area contributed by atoms with E-state index in [-0.39, 0.29) is 6.10 Å². The van der Waals surface area contributed by atoms with Gasteiger partial charge in [-0.15, -0.1) is 0 Å².